The van der Waals surface area contributed by atoms with E-state index < -0.39 is 0 Å². The first kappa shape index (κ1) is 20.4. The highest BCUT2D eigenvalue weighted by molar-refractivity contribution is 7.16. The van der Waals surface area contributed by atoms with Crippen molar-refractivity contribution in [2.24, 2.45) is 0 Å². The summed E-state index contributed by atoms with van der Waals surface area (Å²) in [5, 5.41) is 11.2. The lowest BCUT2D eigenvalue weighted by Gasteiger charge is -2.25. The smallest absolute Gasteiger partial charge is 0.324 e. The third kappa shape index (κ3) is 4.74. The zero-order chi connectivity index (χ0) is 20.8. The van der Waals surface area contributed by atoms with E-state index in [0.29, 0.717) is 0 Å². The van der Waals surface area contributed by atoms with Crippen LogP contribution in [0.3, 0.4) is 0 Å². The Morgan fingerprint density at radius 1 is 1.03 bits per heavy atom. The van der Waals surface area contributed by atoms with Crippen LogP contribution in [0.2, 0.25) is 0 Å². The molecule has 29 heavy (non-hydrogen) atoms. The van der Waals surface area contributed by atoms with Gasteiger partial charge in [-0.05, 0) is 54.8 Å². The van der Waals surface area contributed by atoms with Crippen LogP contribution in [-0.2, 0) is 0 Å². The van der Waals surface area contributed by atoms with E-state index in [-0.39, 0.29) is 9.92 Å². The lowest BCUT2D eigenvalue weighted by molar-refractivity contribution is -0.380. The Morgan fingerprint density at radius 3 is 2.10 bits per heavy atom. The molecule has 0 radical (unpaired) electrons. The van der Waals surface area contributed by atoms with Gasteiger partial charge in [-0.3, -0.25) is 10.1 Å². The van der Waals surface area contributed by atoms with Crippen molar-refractivity contribution in [3.05, 3.63) is 86.8 Å². The molecule has 0 aliphatic rings. The maximum absolute atomic E-state index is 11.0. The molecule has 0 saturated carbocycles. The predicted octanol–water partition coefficient (Wildman–Crippen LogP) is 6.14. The van der Waals surface area contributed by atoms with Gasteiger partial charge in [0.05, 0.1) is 4.92 Å². The molecule has 4 nitrogen and oxygen atoms in total. The van der Waals surface area contributed by atoms with Crippen molar-refractivity contribution in [2.45, 2.75) is 13.8 Å². The number of hydrogen-bond donors (Lipinski definition) is 0. The van der Waals surface area contributed by atoms with Gasteiger partial charge in [-0.25, -0.2) is 0 Å². The van der Waals surface area contributed by atoms with Crippen LogP contribution in [0.1, 0.15) is 29.9 Å². The fraction of sp³-hybridized carbons (Fsp3) is 0.167. The SMILES string of the molecule is C#Cc1ccc(-c2ccc(/C(=C\c3ccc([N+](=O)[O-])s3)N(CC)CC)cc2)cc1. The average Bonchev–Trinajstić information content (AvgIpc) is 3.23. The molecule has 0 atom stereocenters. The monoisotopic (exact) mass is 402 g/mol. The summed E-state index contributed by atoms with van der Waals surface area (Å²) in [5.74, 6) is 2.63. The number of thiophene rings is 1. The molecule has 0 fully saturated rings. The van der Waals surface area contributed by atoms with E-state index in [0.717, 1.165) is 45.9 Å². The molecule has 5 heteroatoms. The summed E-state index contributed by atoms with van der Waals surface area (Å²) in [7, 11) is 0. The van der Waals surface area contributed by atoms with Crippen LogP contribution in [0.5, 0.6) is 0 Å². The van der Waals surface area contributed by atoms with Gasteiger partial charge >= 0.3 is 5.00 Å². The standard InChI is InChI=1S/C24H22N2O2S/c1-4-18-7-9-19(10-8-18)20-11-13-21(14-12-20)23(25(5-2)6-3)17-22-15-16-24(29-22)26(27)28/h1,7-17H,5-6H2,2-3H3/b23-17+. The lowest BCUT2D eigenvalue weighted by atomic mass is 10.0. The minimum atomic E-state index is -0.348. The van der Waals surface area contributed by atoms with E-state index in [4.69, 9.17) is 6.42 Å². The number of terminal acetylenes is 1. The molecular formula is C24H22N2O2S. The van der Waals surface area contributed by atoms with Gasteiger partial charge in [0.2, 0.25) is 0 Å². The van der Waals surface area contributed by atoms with Gasteiger partial charge in [0.25, 0.3) is 0 Å². The summed E-state index contributed by atoms with van der Waals surface area (Å²) in [6.45, 7) is 5.92. The fourth-order valence-electron chi connectivity index (χ4n) is 3.17. The van der Waals surface area contributed by atoms with Crippen molar-refractivity contribution in [3.63, 3.8) is 0 Å². The van der Waals surface area contributed by atoms with Gasteiger partial charge in [0.1, 0.15) is 0 Å². The second-order valence-electron chi connectivity index (χ2n) is 6.43. The number of hydrogen-bond acceptors (Lipinski definition) is 4. The van der Waals surface area contributed by atoms with Gasteiger partial charge in [0, 0.05) is 35.3 Å². The van der Waals surface area contributed by atoms with Crippen LogP contribution in [0.25, 0.3) is 22.9 Å². The molecular weight excluding hydrogens is 380 g/mol. The van der Waals surface area contributed by atoms with Gasteiger partial charge in [-0.1, -0.05) is 53.7 Å². The molecule has 0 spiro atoms. The largest absolute Gasteiger partial charge is 0.372 e. The molecule has 2 aromatic carbocycles. The Bertz CT molecular complexity index is 1050. The molecule has 3 rings (SSSR count). The van der Waals surface area contributed by atoms with Gasteiger partial charge in [-0.15, -0.1) is 6.42 Å². The van der Waals surface area contributed by atoms with Crippen molar-refractivity contribution in [3.8, 4) is 23.5 Å². The first-order valence-corrected chi connectivity index (χ1v) is 10.3. The zero-order valence-corrected chi connectivity index (χ0v) is 17.3. The summed E-state index contributed by atoms with van der Waals surface area (Å²) in [4.78, 5) is 13.8. The molecule has 0 aliphatic heterocycles. The molecule has 1 aromatic heterocycles. The van der Waals surface area contributed by atoms with Crippen LogP contribution >= 0.6 is 11.3 Å². The van der Waals surface area contributed by atoms with Crippen LogP contribution in [0.15, 0.2) is 60.7 Å². The fourth-order valence-corrected chi connectivity index (χ4v) is 3.93. The van der Waals surface area contributed by atoms with Crippen LogP contribution in [-0.4, -0.2) is 22.9 Å². The number of nitrogens with zero attached hydrogens (tertiary/aromatic N) is 2. The maximum Gasteiger partial charge on any atom is 0.324 e. The molecule has 3 aromatic rings. The number of nitro groups is 1. The van der Waals surface area contributed by atoms with E-state index in [1.165, 1.54) is 11.3 Å². The molecule has 0 N–H and O–H groups in total. The highest BCUT2D eigenvalue weighted by Crippen LogP contribution is 2.30. The average molecular weight is 403 g/mol. The quantitative estimate of drug-likeness (QED) is 0.271. The minimum absolute atomic E-state index is 0.154. The highest BCUT2D eigenvalue weighted by atomic mass is 32.1. The first-order valence-electron chi connectivity index (χ1n) is 9.44. The van der Waals surface area contributed by atoms with E-state index in [2.05, 4.69) is 48.9 Å². The van der Waals surface area contributed by atoms with Crippen molar-refractivity contribution in [1.29, 1.82) is 0 Å². The van der Waals surface area contributed by atoms with Crippen molar-refractivity contribution in [1.82, 2.24) is 4.90 Å². The van der Waals surface area contributed by atoms with Gasteiger partial charge in [-0.2, -0.15) is 0 Å². The Hall–Kier alpha value is -3.36. The zero-order valence-electron chi connectivity index (χ0n) is 16.5. The molecule has 0 amide bonds. The molecule has 0 saturated heterocycles. The van der Waals surface area contributed by atoms with Crippen molar-refractivity contribution >= 4 is 28.1 Å². The van der Waals surface area contributed by atoms with E-state index in [1.54, 1.807) is 12.1 Å². The summed E-state index contributed by atoms with van der Waals surface area (Å²) in [6.07, 6.45) is 7.46. The van der Waals surface area contributed by atoms with E-state index in [1.807, 2.05) is 30.3 Å². The normalized spacial score (nSPS) is 11.1. The third-order valence-corrected chi connectivity index (χ3v) is 5.73. The molecule has 0 unspecified atom stereocenters. The summed E-state index contributed by atoms with van der Waals surface area (Å²) in [6, 6.07) is 19.7. The molecule has 0 aliphatic carbocycles. The van der Waals surface area contributed by atoms with Crippen LogP contribution in [0.4, 0.5) is 5.00 Å². The summed E-state index contributed by atoms with van der Waals surface area (Å²) < 4.78 is 0. The van der Waals surface area contributed by atoms with Crippen LogP contribution in [0, 0.1) is 22.5 Å². The Labute approximate surface area is 175 Å². The van der Waals surface area contributed by atoms with Gasteiger partial charge in [0.15, 0.2) is 0 Å². The summed E-state index contributed by atoms with van der Waals surface area (Å²) in [5.41, 5.74) is 5.22. The number of rotatable bonds is 7. The maximum atomic E-state index is 11.0. The predicted molar refractivity (Wildman–Crippen MR) is 122 cm³/mol. The Morgan fingerprint density at radius 2 is 1.62 bits per heavy atom. The second kappa shape index (κ2) is 9.22. The summed E-state index contributed by atoms with van der Waals surface area (Å²) >= 11 is 1.19. The van der Waals surface area contributed by atoms with Crippen LogP contribution < -0.4 is 0 Å². The minimum Gasteiger partial charge on any atom is -0.372 e. The van der Waals surface area contributed by atoms with E-state index in [9.17, 15) is 10.1 Å². The van der Waals surface area contributed by atoms with E-state index >= 15 is 0 Å². The first-order chi connectivity index (χ1) is 14.0. The topological polar surface area (TPSA) is 46.4 Å². The Balaban J connectivity index is 1.96. The highest BCUT2D eigenvalue weighted by Gasteiger charge is 2.13. The molecule has 0 bridgehead atoms. The molecule has 1 heterocycles. The lowest BCUT2D eigenvalue weighted by Crippen LogP contribution is -2.21. The molecule has 146 valence electrons. The van der Waals surface area contributed by atoms with Crippen molar-refractivity contribution < 1.29 is 4.92 Å². The third-order valence-electron chi connectivity index (χ3n) is 4.74. The van der Waals surface area contributed by atoms with Crippen molar-refractivity contribution in [2.75, 3.05) is 13.1 Å². The number of benzene rings is 2. The second-order valence-corrected chi connectivity index (χ2v) is 7.53. The Kier molecular flexibility index (Phi) is 6.48. The van der Waals surface area contributed by atoms with Gasteiger partial charge < -0.3 is 4.90 Å².